The summed E-state index contributed by atoms with van der Waals surface area (Å²) in [6, 6.07) is 7.16. The SMILES string of the molecule is [C-]#[N+]c1ccc(Oc2c(CC)nn(C)c2CC)cc1. The quantitative estimate of drug-likeness (QED) is 0.776. The van der Waals surface area contributed by atoms with E-state index in [-0.39, 0.29) is 0 Å². The van der Waals surface area contributed by atoms with Gasteiger partial charge in [-0.25, -0.2) is 4.85 Å². The smallest absolute Gasteiger partial charge is 0.187 e. The predicted octanol–water partition coefficient (Wildman–Crippen LogP) is 3.89. The van der Waals surface area contributed by atoms with Crippen molar-refractivity contribution in [3.05, 3.63) is 47.1 Å². The summed E-state index contributed by atoms with van der Waals surface area (Å²) >= 11 is 0. The Morgan fingerprint density at radius 2 is 1.89 bits per heavy atom. The fourth-order valence-electron chi connectivity index (χ4n) is 2.05. The number of hydrogen-bond acceptors (Lipinski definition) is 2. The van der Waals surface area contributed by atoms with Crippen molar-refractivity contribution in [1.29, 1.82) is 0 Å². The van der Waals surface area contributed by atoms with Crippen LogP contribution in [0.1, 0.15) is 25.2 Å². The highest BCUT2D eigenvalue weighted by Gasteiger charge is 2.15. The number of hydrogen-bond donors (Lipinski definition) is 0. The first-order chi connectivity index (χ1) is 9.19. The van der Waals surface area contributed by atoms with Gasteiger partial charge in [0.1, 0.15) is 11.4 Å². The second-order valence-corrected chi connectivity index (χ2v) is 4.26. The Labute approximate surface area is 113 Å². The van der Waals surface area contributed by atoms with Crippen molar-refractivity contribution in [2.24, 2.45) is 7.05 Å². The van der Waals surface area contributed by atoms with E-state index in [9.17, 15) is 0 Å². The zero-order chi connectivity index (χ0) is 13.8. The molecule has 0 bridgehead atoms. The van der Waals surface area contributed by atoms with Gasteiger partial charge in [-0.1, -0.05) is 26.0 Å². The molecule has 0 spiro atoms. The molecule has 0 aliphatic rings. The van der Waals surface area contributed by atoms with Gasteiger partial charge in [0.15, 0.2) is 11.4 Å². The van der Waals surface area contributed by atoms with Gasteiger partial charge in [-0.2, -0.15) is 5.10 Å². The van der Waals surface area contributed by atoms with Crippen LogP contribution in [0.5, 0.6) is 11.5 Å². The predicted molar refractivity (Wildman–Crippen MR) is 74.7 cm³/mol. The van der Waals surface area contributed by atoms with E-state index in [1.54, 1.807) is 12.1 Å². The lowest BCUT2D eigenvalue weighted by molar-refractivity contribution is 0.470. The molecule has 0 N–H and O–H groups in total. The molecule has 1 aromatic heterocycles. The van der Waals surface area contributed by atoms with E-state index in [0.29, 0.717) is 5.69 Å². The van der Waals surface area contributed by atoms with E-state index >= 15 is 0 Å². The van der Waals surface area contributed by atoms with Crippen molar-refractivity contribution in [2.75, 3.05) is 0 Å². The normalized spacial score (nSPS) is 10.2. The Morgan fingerprint density at radius 1 is 1.21 bits per heavy atom. The lowest BCUT2D eigenvalue weighted by Gasteiger charge is -2.07. The number of benzene rings is 1. The molecule has 0 saturated carbocycles. The molecule has 4 nitrogen and oxygen atoms in total. The van der Waals surface area contributed by atoms with E-state index < -0.39 is 0 Å². The molecule has 2 rings (SSSR count). The standard InChI is InChI=1S/C15H17N3O/c1-5-13-15(14(6-2)18(4)17-13)19-12-9-7-11(16-3)8-10-12/h7-10H,5-6H2,1-2,4H3. The van der Waals surface area contributed by atoms with E-state index in [2.05, 4.69) is 23.8 Å². The summed E-state index contributed by atoms with van der Waals surface area (Å²) in [7, 11) is 1.94. The molecular formula is C15H17N3O. The molecule has 4 heteroatoms. The molecule has 0 saturated heterocycles. The zero-order valence-electron chi connectivity index (χ0n) is 11.5. The lowest BCUT2D eigenvalue weighted by atomic mass is 10.2. The van der Waals surface area contributed by atoms with Crippen LogP contribution in [-0.2, 0) is 19.9 Å². The van der Waals surface area contributed by atoms with Gasteiger partial charge in [0.05, 0.1) is 12.3 Å². The fourth-order valence-corrected chi connectivity index (χ4v) is 2.05. The third-order valence-corrected chi connectivity index (χ3v) is 3.04. The monoisotopic (exact) mass is 255 g/mol. The van der Waals surface area contributed by atoms with Crippen LogP contribution in [0.4, 0.5) is 5.69 Å². The molecule has 2 aromatic rings. The maximum Gasteiger partial charge on any atom is 0.187 e. The number of ether oxygens (including phenoxy) is 1. The maximum atomic E-state index is 6.94. The molecule has 0 fully saturated rings. The van der Waals surface area contributed by atoms with Crippen LogP contribution in [0.2, 0.25) is 0 Å². The molecule has 0 aliphatic heterocycles. The number of aromatic nitrogens is 2. The number of nitrogens with zero attached hydrogens (tertiary/aromatic N) is 3. The number of aryl methyl sites for hydroxylation is 2. The van der Waals surface area contributed by atoms with E-state index in [1.165, 1.54) is 0 Å². The molecule has 1 heterocycles. The van der Waals surface area contributed by atoms with Crippen molar-refractivity contribution in [2.45, 2.75) is 26.7 Å². The first-order valence-electron chi connectivity index (χ1n) is 6.39. The molecule has 0 aliphatic carbocycles. The molecular weight excluding hydrogens is 238 g/mol. The number of rotatable bonds is 4. The second kappa shape index (κ2) is 5.57. The molecule has 0 unspecified atom stereocenters. The zero-order valence-corrected chi connectivity index (χ0v) is 11.5. The summed E-state index contributed by atoms with van der Waals surface area (Å²) in [6.07, 6.45) is 1.71. The van der Waals surface area contributed by atoms with Crippen LogP contribution in [0.3, 0.4) is 0 Å². The van der Waals surface area contributed by atoms with Gasteiger partial charge in [-0.15, -0.1) is 0 Å². The minimum absolute atomic E-state index is 0.616. The fraction of sp³-hybridized carbons (Fsp3) is 0.333. The highest BCUT2D eigenvalue weighted by Crippen LogP contribution is 2.30. The van der Waals surface area contributed by atoms with Crippen LogP contribution in [0.15, 0.2) is 24.3 Å². The lowest BCUT2D eigenvalue weighted by Crippen LogP contribution is -1.97. The first kappa shape index (κ1) is 13.2. The third kappa shape index (κ3) is 2.60. The van der Waals surface area contributed by atoms with Gasteiger partial charge in [-0.05, 0) is 25.0 Å². The van der Waals surface area contributed by atoms with Crippen LogP contribution in [0.25, 0.3) is 4.85 Å². The van der Waals surface area contributed by atoms with Crippen LogP contribution in [0, 0.1) is 6.57 Å². The van der Waals surface area contributed by atoms with Gasteiger partial charge >= 0.3 is 0 Å². The molecule has 0 radical (unpaired) electrons. The Morgan fingerprint density at radius 3 is 2.42 bits per heavy atom. The van der Waals surface area contributed by atoms with Crippen LogP contribution >= 0.6 is 0 Å². The van der Waals surface area contributed by atoms with Crippen molar-refractivity contribution in [1.82, 2.24) is 9.78 Å². The second-order valence-electron chi connectivity index (χ2n) is 4.26. The minimum atomic E-state index is 0.616. The molecule has 0 atom stereocenters. The average Bonchev–Trinajstić information content (AvgIpc) is 2.75. The van der Waals surface area contributed by atoms with Crippen molar-refractivity contribution < 1.29 is 4.74 Å². The summed E-state index contributed by atoms with van der Waals surface area (Å²) in [5.74, 6) is 1.59. The highest BCUT2D eigenvalue weighted by molar-refractivity contribution is 5.48. The maximum absolute atomic E-state index is 6.94. The van der Waals surface area contributed by atoms with E-state index in [1.807, 2.05) is 23.9 Å². The van der Waals surface area contributed by atoms with Gasteiger partial charge < -0.3 is 4.74 Å². The van der Waals surface area contributed by atoms with Crippen molar-refractivity contribution in [3.63, 3.8) is 0 Å². The van der Waals surface area contributed by atoms with Crippen LogP contribution in [-0.4, -0.2) is 9.78 Å². The summed E-state index contributed by atoms with van der Waals surface area (Å²) in [4.78, 5) is 3.37. The summed E-state index contributed by atoms with van der Waals surface area (Å²) < 4.78 is 7.83. The highest BCUT2D eigenvalue weighted by atomic mass is 16.5. The topological polar surface area (TPSA) is 31.4 Å². The molecule has 1 aromatic carbocycles. The van der Waals surface area contributed by atoms with E-state index in [4.69, 9.17) is 11.3 Å². The summed E-state index contributed by atoms with van der Waals surface area (Å²) in [5, 5.41) is 4.47. The Bertz CT molecular complexity index is 606. The largest absolute Gasteiger partial charge is 0.454 e. The van der Waals surface area contributed by atoms with Crippen LogP contribution < -0.4 is 4.74 Å². The molecule has 0 amide bonds. The summed E-state index contributed by atoms with van der Waals surface area (Å²) in [5.41, 5.74) is 2.67. The van der Waals surface area contributed by atoms with Crippen molar-refractivity contribution in [3.8, 4) is 11.5 Å². The Kier molecular flexibility index (Phi) is 3.86. The Hall–Kier alpha value is -2.28. The van der Waals surface area contributed by atoms with Gasteiger partial charge in [-0.3, -0.25) is 4.68 Å². The third-order valence-electron chi connectivity index (χ3n) is 3.04. The van der Waals surface area contributed by atoms with Crippen molar-refractivity contribution >= 4 is 5.69 Å². The minimum Gasteiger partial charge on any atom is -0.454 e. The van der Waals surface area contributed by atoms with Gasteiger partial charge in [0, 0.05) is 7.05 Å². The molecule has 98 valence electrons. The molecule has 19 heavy (non-hydrogen) atoms. The van der Waals surface area contributed by atoms with Gasteiger partial charge in [0.2, 0.25) is 0 Å². The van der Waals surface area contributed by atoms with E-state index in [0.717, 1.165) is 35.7 Å². The first-order valence-corrected chi connectivity index (χ1v) is 6.39. The summed E-state index contributed by atoms with van der Waals surface area (Å²) in [6.45, 7) is 11.1. The Balaban J connectivity index is 2.34. The average molecular weight is 255 g/mol. The van der Waals surface area contributed by atoms with Gasteiger partial charge in [0.25, 0.3) is 0 Å².